The molecule has 0 saturated heterocycles. The second-order valence-corrected chi connectivity index (χ2v) is 7.06. The van der Waals surface area contributed by atoms with E-state index in [-0.39, 0.29) is 0 Å². The van der Waals surface area contributed by atoms with Gasteiger partial charge in [0.15, 0.2) is 0 Å². The molecule has 0 fully saturated rings. The van der Waals surface area contributed by atoms with Crippen molar-refractivity contribution < 1.29 is 0 Å². The second-order valence-electron chi connectivity index (χ2n) is 5.36. The lowest BCUT2D eigenvalue weighted by molar-refractivity contribution is 1.31. The summed E-state index contributed by atoms with van der Waals surface area (Å²) in [7, 11) is 0. The average molecular weight is 370 g/mol. The highest BCUT2D eigenvalue weighted by molar-refractivity contribution is 7.17. The van der Waals surface area contributed by atoms with Crippen LogP contribution in [0.4, 0.5) is 17.1 Å². The van der Waals surface area contributed by atoms with Gasteiger partial charge < -0.3 is 4.90 Å². The maximum atomic E-state index is 6.54. The number of thiophene rings is 1. The lowest BCUT2D eigenvalue weighted by Gasteiger charge is -2.26. The molecule has 4 aromatic rings. The van der Waals surface area contributed by atoms with Crippen LogP contribution in [0.2, 0.25) is 10.0 Å². The molecule has 0 aliphatic rings. The minimum absolute atomic E-state index is 0.551. The third-order valence-electron chi connectivity index (χ3n) is 3.89. The number of hydrogen-bond acceptors (Lipinski definition) is 2. The maximum Gasteiger partial charge on any atom is 0.0832 e. The summed E-state index contributed by atoms with van der Waals surface area (Å²) in [5.74, 6) is 0. The average Bonchev–Trinajstić information content (AvgIpc) is 3.04. The van der Waals surface area contributed by atoms with Gasteiger partial charge in [-0.05, 0) is 30.3 Å². The number of anilines is 3. The third-order valence-corrected chi connectivity index (χ3v) is 5.65. The summed E-state index contributed by atoms with van der Waals surface area (Å²) in [5.41, 5.74) is 3.02. The highest BCUT2D eigenvalue weighted by Gasteiger charge is 2.19. The first kappa shape index (κ1) is 15.5. The van der Waals surface area contributed by atoms with Gasteiger partial charge in [-0.25, -0.2) is 0 Å². The van der Waals surface area contributed by atoms with E-state index in [0.717, 1.165) is 17.1 Å². The van der Waals surface area contributed by atoms with Crippen molar-refractivity contribution in [2.45, 2.75) is 0 Å². The molecule has 0 saturated carbocycles. The first-order valence-electron chi connectivity index (χ1n) is 7.51. The van der Waals surface area contributed by atoms with Crippen molar-refractivity contribution in [1.82, 2.24) is 0 Å². The fourth-order valence-electron chi connectivity index (χ4n) is 2.79. The van der Waals surface area contributed by atoms with Gasteiger partial charge in [-0.1, -0.05) is 65.7 Å². The van der Waals surface area contributed by atoms with Crippen LogP contribution in [0.25, 0.3) is 10.1 Å². The molecule has 0 bridgehead atoms. The van der Waals surface area contributed by atoms with Crippen LogP contribution >= 0.6 is 34.5 Å². The molecule has 0 spiro atoms. The van der Waals surface area contributed by atoms with Gasteiger partial charge in [0.1, 0.15) is 0 Å². The van der Waals surface area contributed by atoms with E-state index in [4.69, 9.17) is 23.2 Å². The van der Waals surface area contributed by atoms with Gasteiger partial charge in [0.05, 0.1) is 21.4 Å². The molecule has 1 nitrogen and oxygen atoms in total. The van der Waals surface area contributed by atoms with Crippen LogP contribution in [0, 0.1) is 0 Å². The van der Waals surface area contributed by atoms with E-state index >= 15 is 0 Å². The molecule has 0 unspecified atom stereocenters. The molecular formula is C20H13Cl2NS. The molecule has 0 amide bonds. The van der Waals surface area contributed by atoms with E-state index in [0.29, 0.717) is 10.0 Å². The largest absolute Gasteiger partial charge is 0.307 e. The summed E-state index contributed by atoms with van der Waals surface area (Å²) in [6.45, 7) is 0. The Balaban J connectivity index is 2.00. The van der Waals surface area contributed by atoms with Gasteiger partial charge in [0, 0.05) is 21.2 Å². The Kier molecular flexibility index (Phi) is 4.19. The van der Waals surface area contributed by atoms with Crippen molar-refractivity contribution in [1.29, 1.82) is 0 Å². The molecule has 0 N–H and O–H groups in total. The molecule has 0 aliphatic carbocycles. The molecule has 3 aromatic carbocycles. The normalized spacial score (nSPS) is 10.9. The zero-order valence-electron chi connectivity index (χ0n) is 12.6. The standard InChI is InChI=1S/C20H13Cl2NS/c21-16-10-6-11-17(20(16)22)23(14-7-2-1-3-8-14)18-13-24-19-12-5-4-9-15(18)19/h1-13H. The van der Waals surface area contributed by atoms with Crippen LogP contribution in [-0.2, 0) is 0 Å². The molecule has 0 radical (unpaired) electrons. The minimum Gasteiger partial charge on any atom is -0.307 e. The highest BCUT2D eigenvalue weighted by Crippen LogP contribution is 2.45. The summed E-state index contributed by atoms with van der Waals surface area (Å²) in [4.78, 5) is 2.16. The topological polar surface area (TPSA) is 3.24 Å². The van der Waals surface area contributed by atoms with Gasteiger partial charge in [0.25, 0.3) is 0 Å². The Bertz CT molecular complexity index is 995. The second kappa shape index (κ2) is 6.48. The highest BCUT2D eigenvalue weighted by atomic mass is 35.5. The molecule has 4 heteroatoms. The first-order chi connectivity index (χ1) is 11.8. The molecule has 0 atom stereocenters. The van der Waals surface area contributed by atoms with Crippen LogP contribution in [0.5, 0.6) is 0 Å². The van der Waals surface area contributed by atoms with Crippen LogP contribution < -0.4 is 4.90 Å². The number of halogens is 2. The SMILES string of the molecule is Clc1cccc(N(c2ccccc2)c2csc3ccccc23)c1Cl. The number of fused-ring (bicyclic) bond motifs is 1. The fraction of sp³-hybridized carbons (Fsp3) is 0. The zero-order valence-corrected chi connectivity index (χ0v) is 14.9. The molecule has 1 aromatic heterocycles. The molecule has 0 aliphatic heterocycles. The van der Waals surface area contributed by atoms with E-state index < -0.39 is 0 Å². The van der Waals surface area contributed by atoms with E-state index in [1.807, 2.05) is 36.4 Å². The van der Waals surface area contributed by atoms with Crippen molar-refractivity contribution >= 4 is 61.7 Å². The predicted molar refractivity (Wildman–Crippen MR) is 107 cm³/mol. The van der Waals surface area contributed by atoms with Crippen molar-refractivity contribution in [3.8, 4) is 0 Å². The summed E-state index contributed by atoms with van der Waals surface area (Å²) in [6.07, 6.45) is 0. The van der Waals surface area contributed by atoms with Crippen molar-refractivity contribution in [2.24, 2.45) is 0 Å². The Morgan fingerprint density at radius 1 is 0.708 bits per heavy atom. The van der Waals surface area contributed by atoms with Crippen molar-refractivity contribution in [3.63, 3.8) is 0 Å². The van der Waals surface area contributed by atoms with Crippen LogP contribution in [0.1, 0.15) is 0 Å². The number of hydrogen-bond donors (Lipinski definition) is 0. The predicted octanol–water partition coefficient (Wildman–Crippen LogP) is 7.68. The Labute approximate surface area is 154 Å². The molecule has 24 heavy (non-hydrogen) atoms. The van der Waals surface area contributed by atoms with Gasteiger partial charge in [-0.2, -0.15) is 0 Å². The van der Waals surface area contributed by atoms with E-state index in [1.165, 1.54) is 10.1 Å². The fourth-order valence-corrected chi connectivity index (χ4v) is 4.09. The van der Waals surface area contributed by atoms with Gasteiger partial charge in [-0.3, -0.25) is 0 Å². The first-order valence-corrected chi connectivity index (χ1v) is 9.14. The lowest BCUT2D eigenvalue weighted by Crippen LogP contribution is -2.09. The number of nitrogens with zero attached hydrogens (tertiary/aromatic N) is 1. The number of rotatable bonds is 3. The van der Waals surface area contributed by atoms with Crippen LogP contribution in [0.3, 0.4) is 0 Å². The lowest BCUT2D eigenvalue weighted by atomic mass is 10.1. The molecule has 118 valence electrons. The molecular weight excluding hydrogens is 357 g/mol. The van der Waals surface area contributed by atoms with E-state index in [9.17, 15) is 0 Å². The van der Waals surface area contributed by atoms with Gasteiger partial charge >= 0.3 is 0 Å². The Morgan fingerprint density at radius 3 is 2.29 bits per heavy atom. The van der Waals surface area contributed by atoms with Crippen molar-refractivity contribution in [3.05, 3.63) is 88.2 Å². The molecule has 1 heterocycles. The van der Waals surface area contributed by atoms with Crippen molar-refractivity contribution in [2.75, 3.05) is 4.90 Å². The summed E-state index contributed by atoms with van der Waals surface area (Å²) in [6, 6.07) is 24.3. The zero-order chi connectivity index (χ0) is 16.5. The summed E-state index contributed by atoms with van der Waals surface area (Å²) < 4.78 is 1.24. The van der Waals surface area contributed by atoms with E-state index in [1.54, 1.807) is 11.3 Å². The Hall–Kier alpha value is -2.00. The van der Waals surface area contributed by atoms with Crippen LogP contribution in [0.15, 0.2) is 78.2 Å². The van der Waals surface area contributed by atoms with Gasteiger partial charge in [0.2, 0.25) is 0 Å². The van der Waals surface area contributed by atoms with E-state index in [2.05, 4.69) is 46.7 Å². The third kappa shape index (κ3) is 2.67. The monoisotopic (exact) mass is 369 g/mol. The number of benzene rings is 3. The summed E-state index contributed by atoms with van der Waals surface area (Å²) in [5, 5.41) is 4.46. The maximum absolute atomic E-state index is 6.54. The van der Waals surface area contributed by atoms with Crippen LogP contribution in [-0.4, -0.2) is 0 Å². The Morgan fingerprint density at radius 2 is 1.46 bits per heavy atom. The van der Waals surface area contributed by atoms with Gasteiger partial charge in [-0.15, -0.1) is 11.3 Å². The smallest absolute Gasteiger partial charge is 0.0832 e. The minimum atomic E-state index is 0.551. The molecule has 4 rings (SSSR count). The number of para-hydroxylation sites is 1. The quantitative estimate of drug-likeness (QED) is 0.357. The summed E-state index contributed by atoms with van der Waals surface area (Å²) >= 11 is 14.5.